The van der Waals surface area contributed by atoms with Gasteiger partial charge in [-0.3, -0.25) is 4.98 Å². The molecule has 1 aliphatic rings. The summed E-state index contributed by atoms with van der Waals surface area (Å²) in [6, 6.07) is 10.8. The van der Waals surface area contributed by atoms with Gasteiger partial charge in [-0.2, -0.15) is 15.4 Å². The van der Waals surface area contributed by atoms with Gasteiger partial charge in [-0.05, 0) is 54.5 Å². The lowest BCUT2D eigenvalue weighted by Crippen LogP contribution is -2.05. The molecule has 0 unspecified atom stereocenters. The number of aromatic nitrogens is 6. The lowest BCUT2D eigenvalue weighted by molar-refractivity contribution is 0.555. The number of pyridine rings is 1. The Labute approximate surface area is 176 Å². The molecule has 0 saturated heterocycles. The van der Waals surface area contributed by atoms with Crippen LogP contribution in [-0.4, -0.2) is 29.9 Å². The minimum absolute atomic E-state index is 0.540. The van der Waals surface area contributed by atoms with Crippen LogP contribution in [-0.2, 0) is 13.0 Å². The lowest BCUT2D eigenvalue weighted by atomic mass is 9.93. The number of H-pyrrole nitrogens is 1. The second kappa shape index (κ2) is 7.52. The molecular weight excluding hydrogens is 372 g/mol. The summed E-state index contributed by atoms with van der Waals surface area (Å²) in [5, 5.41) is 11.0. The van der Waals surface area contributed by atoms with Crippen molar-refractivity contribution in [1.29, 1.82) is 0 Å². The van der Waals surface area contributed by atoms with Gasteiger partial charge in [0, 0.05) is 30.4 Å². The van der Waals surface area contributed by atoms with Gasteiger partial charge in [0.25, 0.3) is 0 Å². The van der Waals surface area contributed by atoms with E-state index >= 15 is 0 Å². The van der Waals surface area contributed by atoms with Gasteiger partial charge in [0.15, 0.2) is 0 Å². The molecule has 3 heterocycles. The van der Waals surface area contributed by atoms with E-state index in [9.17, 15) is 0 Å². The van der Waals surface area contributed by atoms with E-state index in [1.165, 1.54) is 24.0 Å². The normalized spacial score (nSPS) is 15.7. The number of fused-ring (bicyclic) bond motifs is 1. The highest BCUT2D eigenvalue weighted by molar-refractivity contribution is 5.67. The minimum Gasteiger partial charge on any atom is -0.336 e. The molecule has 1 aliphatic carbocycles. The molecule has 30 heavy (non-hydrogen) atoms. The smallest absolute Gasteiger partial charge is 0.115 e. The predicted octanol–water partition coefficient (Wildman–Crippen LogP) is 4.89. The fraction of sp³-hybridized carbons (Fsp3) is 0.333. The van der Waals surface area contributed by atoms with Gasteiger partial charge in [0.05, 0.1) is 17.7 Å². The number of benzene rings is 1. The number of rotatable bonds is 5. The zero-order chi connectivity index (χ0) is 20.7. The van der Waals surface area contributed by atoms with Crippen LogP contribution in [0.3, 0.4) is 0 Å². The summed E-state index contributed by atoms with van der Waals surface area (Å²) in [6.45, 7) is 7.46. The zero-order valence-corrected chi connectivity index (χ0v) is 17.6. The topological polar surface area (TPSA) is 72.3 Å². The van der Waals surface area contributed by atoms with Crippen molar-refractivity contribution in [1.82, 2.24) is 29.9 Å². The molecule has 0 saturated carbocycles. The van der Waals surface area contributed by atoms with Crippen molar-refractivity contribution in [2.45, 2.75) is 52.0 Å². The van der Waals surface area contributed by atoms with E-state index in [4.69, 9.17) is 0 Å². The van der Waals surface area contributed by atoms with Gasteiger partial charge >= 0.3 is 0 Å². The maximum absolute atomic E-state index is 4.63. The Morgan fingerprint density at radius 1 is 1.13 bits per heavy atom. The van der Waals surface area contributed by atoms with Crippen LogP contribution in [0.2, 0.25) is 0 Å². The highest BCUT2D eigenvalue weighted by Gasteiger charge is 2.25. The van der Waals surface area contributed by atoms with Crippen molar-refractivity contribution >= 4 is 0 Å². The van der Waals surface area contributed by atoms with Crippen molar-refractivity contribution in [3.63, 3.8) is 0 Å². The van der Waals surface area contributed by atoms with E-state index in [0.29, 0.717) is 11.8 Å². The molecule has 0 bridgehead atoms. The number of imidazole rings is 1. The molecule has 4 aromatic rings. The Balaban J connectivity index is 1.38. The zero-order valence-electron chi connectivity index (χ0n) is 17.6. The average molecular weight is 399 g/mol. The Morgan fingerprint density at radius 3 is 2.83 bits per heavy atom. The second-order valence-corrected chi connectivity index (χ2v) is 8.45. The van der Waals surface area contributed by atoms with Crippen molar-refractivity contribution < 1.29 is 0 Å². The molecule has 152 valence electrons. The molecule has 3 aromatic heterocycles. The molecule has 0 spiro atoms. The van der Waals surface area contributed by atoms with Crippen molar-refractivity contribution in [3.8, 4) is 22.6 Å². The van der Waals surface area contributed by atoms with Gasteiger partial charge in [-0.15, -0.1) is 0 Å². The summed E-state index contributed by atoms with van der Waals surface area (Å²) in [5.41, 5.74) is 9.03. The molecule has 6 heteroatoms. The summed E-state index contributed by atoms with van der Waals surface area (Å²) in [7, 11) is 0. The largest absolute Gasteiger partial charge is 0.336 e. The van der Waals surface area contributed by atoms with Crippen molar-refractivity contribution in [2.75, 3.05) is 0 Å². The van der Waals surface area contributed by atoms with Gasteiger partial charge in [0.2, 0.25) is 0 Å². The first-order valence-electron chi connectivity index (χ1n) is 10.6. The highest BCUT2D eigenvalue weighted by atomic mass is 15.3. The number of aromatic amines is 1. The van der Waals surface area contributed by atoms with Crippen LogP contribution in [0.25, 0.3) is 22.6 Å². The third kappa shape index (κ3) is 3.32. The third-order valence-electron chi connectivity index (χ3n) is 6.14. The first kappa shape index (κ1) is 18.7. The van der Waals surface area contributed by atoms with Gasteiger partial charge in [-0.25, -0.2) is 4.98 Å². The Morgan fingerprint density at radius 2 is 2.03 bits per heavy atom. The molecule has 1 N–H and O–H groups in total. The minimum atomic E-state index is 0.540. The molecule has 6 nitrogen and oxygen atoms in total. The highest BCUT2D eigenvalue weighted by Crippen LogP contribution is 2.38. The summed E-state index contributed by atoms with van der Waals surface area (Å²) in [5.74, 6) is 1.11. The summed E-state index contributed by atoms with van der Waals surface area (Å²) in [6.07, 6.45) is 8.21. The first-order valence-corrected chi connectivity index (χ1v) is 10.6. The molecule has 0 fully saturated rings. The summed E-state index contributed by atoms with van der Waals surface area (Å²) in [4.78, 5) is 9.16. The Hall–Kier alpha value is -3.28. The summed E-state index contributed by atoms with van der Waals surface area (Å²) < 4.78 is 2.20. The van der Waals surface area contributed by atoms with Crippen LogP contribution >= 0.6 is 0 Å². The van der Waals surface area contributed by atoms with Gasteiger partial charge in [0.1, 0.15) is 11.4 Å². The average Bonchev–Trinajstić information content (AvgIpc) is 3.48. The SMILES string of the molecule is Cc1n[nH]nc1-c1ccnc(-c2cn(C[C@@H]3CCc4c(C(C)C)cccc43)cn2)c1. The molecule has 0 amide bonds. The van der Waals surface area contributed by atoms with E-state index in [-0.39, 0.29) is 0 Å². The van der Waals surface area contributed by atoms with E-state index in [1.54, 1.807) is 11.8 Å². The fourth-order valence-corrected chi connectivity index (χ4v) is 4.62. The molecule has 0 aliphatic heterocycles. The third-order valence-corrected chi connectivity index (χ3v) is 6.14. The Bertz CT molecular complexity index is 1190. The van der Waals surface area contributed by atoms with Crippen molar-refractivity contribution in [3.05, 3.63) is 71.4 Å². The van der Waals surface area contributed by atoms with Crippen LogP contribution in [0.4, 0.5) is 0 Å². The van der Waals surface area contributed by atoms with Crippen LogP contribution < -0.4 is 0 Å². The second-order valence-electron chi connectivity index (χ2n) is 8.45. The molecular formula is C24H26N6. The fourth-order valence-electron chi connectivity index (χ4n) is 4.62. The van der Waals surface area contributed by atoms with Gasteiger partial charge < -0.3 is 4.57 Å². The number of nitrogens with one attached hydrogen (secondary N) is 1. The van der Waals surface area contributed by atoms with E-state index in [0.717, 1.165) is 34.9 Å². The molecule has 0 radical (unpaired) electrons. The first-order chi connectivity index (χ1) is 14.6. The monoisotopic (exact) mass is 398 g/mol. The Kier molecular flexibility index (Phi) is 4.69. The van der Waals surface area contributed by atoms with Crippen LogP contribution in [0, 0.1) is 6.92 Å². The van der Waals surface area contributed by atoms with E-state index in [2.05, 4.69) is 68.2 Å². The molecule has 1 atom stereocenters. The van der Waals surface area contributed by atoms with Crippen LogP contribution in [0.15, 0.2) is 49.1 Å². The van der Waals surface area contributed by atoms with E-state index < -0.39 is 0 Å². The number of hydrogen-bond donors (Lipinski definition) is 1. The standard InChI is InChI=1S/C24H26N6/c1-15(2)19-5-4-6-20-18(7-8-21(19)20)12-30-13-23(26-14-30)22-11-17(9-10-25-22)24-16(3)27-29-28-24/h4-6,9-11,13-15,18H,7-8,12H2,1-3H3,(H,27,28,29)/t18-/m0/s1. The van der Waals surface area contributed by atoms with E-state index in [1.807, 2.05) is 25.4 Å². The quantitative estimate of drug-likeness (QED) is 0.519. The lowest BCUT2D eigenvalue weighted by Gasteiger charge is -2.15. The predicted molar refractivity (Wildman–Crippen MR) is 117 cm³/mol. The van der Waals surface area contributed by atoms with Gasteiger partial charge in [-0.1, -0.05) is 32.0 Å². The molecule has 5 rings (SSSR count). The number of hydrogen-bond acceptors (Lipinski definition) is 4. The maximum atomic E-state index is 4.63. The number of nitrogens with zero attached hydrogens (tertiary/aromatic N) is 5. The molecule has 1 aromatic carbocycles. The van der Waals surface area contributed by atoms with Crippen LogP contribution in [0.5, 0.6) is 0 Å². The maximum Gasteiger partial charge on any atom is 0.115 e. The summed E-state index contributed by atoms with van der Waals surface area (Å²) >= 11 is 0. The number of aryl methyl sites for hydroxylation is 1. The van der Waals surface area contributed by atoms with Crippen LogP contribution in [0.1, 0.15) is 54.5 Å². The van der Waals surface area contributed by atoms with Crippen molar-refractivity contribution in [2.24, 2.45) is 0 Å².